The fourth-order valence-electron chi connectivity index (χ4n) is 2.01. The van der Waals surface area contributed by atoms with Gasteiger partial charge in [0.15, 0.2) is 6.61 Å². The molecule has 1 amide bonds. The third kappa shape index (κ3) is 4.63. The summed E-state index contributed by atoms with van der Waals surface area (Å²) in [6.07, 6.45) is 0. The molecule has 0 N–H and O–H groups in total. The molecule has 0 atom stereocenters. The molecule has 9 heteroatoms. The van der Waals surface area contributed by atoms with Crippen LogP contribution in [0.4, 0.5) is 14.5 Å². The second-order valence-electron chi connectivity index (χ2n) is 5.11. The molecule has 0 fully saturated rings. The summed E-state index contributed by atoms with van der Waals surface area (Å²) < 4.78 is 32.0. The number of hydrogen-bond acceptors (Lipinski definition) is 4. The highest BCUT2D eigenvalue weighted by molar-refractivity contribution is 6.31. The van der Waals surface area contributed by atoms with E-state index in [1.54, 1.807) is 0 Å². The van der Waals surface area contributed by atoms with E-state index in [0.29, 0.717) is 0 Å². The number of benzene rings is 2. The van der Waals surface area contributed by atoms with Crippen LogP contribution >= 0.6 is 11.6 Å². The Morgan fingerprint density at radius 3 is 2.68 bits per heavy atom. The molecular weight excluding hydrogens is 358 g/mol. The van der Waals surface area contributed by atoms with Crippen molar-refractivity contribution in [1.29, 1.82) is 0 Å². The van der Waals surface area contributed by atoms with Crippen molar-refractivity contribution < 1.29 is 23.2 Å². The van der Waals surface area contributed by atoms with Crippen LogP contribution in [-0.4, -0.2) is 29.4 Å². The number of rotatable bonds is 6. The molecule has 0 saturated heterocycles. The average Bonchev–Trinajstić information content (AvgIpc) is 2.55. The summed E-state index contributed by atoms with van der Waals surface area (Å²) in [5.74, 6) is -2.25. The van der Waals surface area contributed by atoms with E-state index < -0.39 is 34.8 Å². The molecule has 0 unspecified atom stereocenters. The average molecular weight is 371 g/mol. The Balaban J connectivity index is 2.05. The molecule has 0 aliphatic rings. The molecule has 0 saturated carbocycles. The van der Waals surface area contributed by atoms with Gasteiger partial charge >= 0.3 is 5.69 Å². The van der Waals surface area contributed by atoms with Crippen molar-refractivity contribution in [3.63, 3.8) is 0 Å². The number of carbonyl (C=O) groups excluding carboxylic acids is 1. The van der Waals surface area contributed by atoms with Gasteiger partial charge in [-0.2, -0.15) is 0 Å². The second-order valence-corrected chi connectivity index (χ2v) is 5.52. The number of hydrogen-bond donors (Lipinski definition) is 0. The Hall–Kier alpha value is -2.74. The number of likely N-dealkylation sites (N-methyl/N-ethyl adjacent to an activating group) is 1. The van der Waals surface area contributed by atoms with Crippen molar-refractivity contribution in [1.82, 2.24) is 4.90 Å². The lowest BCUT2D eigenvalue weighted by Gasteiger charge is -2.18. The molecule has 0 aromatic heterocycles. The number of nitrogens with zero attached hydrogens (tertiary/aromatic N) is 2. The van der Waals surface area contributed by atoms with Crippen LogP contribution in [0.15, 0.2) is 36.4 Å². The van der Waals surface area contributed by atoms with E-state index in [4.69, 9.17) is 16.3 Å². The summed E-state index contributed by atoms with van der Waals surface area (Å²) in [7, 11) is 1.40. The van der Waals surface area contributed by atoms with Crippen LogP contribution in [0.25, 0.3) is 0 Å². The van der Waals surface area contributed by atoms with Crippen molar-refractivity contribution in [2.24, 2.45) is 0 Å². The van der Waals surface area contributed by atoms with Crippen molar-refractivity contribution in [3.8, 4) is 5.75 Å². The molecule has 0 radical (unpaired) electrons. The summed E-state index contributed by atoms with van der Waals surface area (Å²) in [6, 6.07) is 6.82. The van der Waals surface area contributed by atoms with E-state index in [0.717, 1.165) is 23.1 Å². The highest BCUT2D eigenvalue weighted by Crippen LogP contribution is 2.27. The lowest BCUT2D eigenvalue weighted by Crippen LogP contribution is -2.31. The zero-order chi connectivity index (χ0) is 18.6. The summed E-state index contributed by atoms with van der Waals surface area (Å²) in [5.41, 5.74) is -0.328. The minimum atomic E-state index is -0.748. The van der Waals surface area contributed by atoms with Gasteiger partial charge in [-0.1, -0.05) is 17.7 Å². The molecule has 0 aliphatic carbocycles. The van der Waals surface area contributed by atoms with Gasteiger partial charge in [0, 0.05) is 36.3 Å². The molecule has 6 nitrogen and oxygen atoms in total. The van der Waals surface area contributed by atoms with Crippen LogP contribution in [0.1, 0.15) is 5.56 Å². The van der Waals surface area contributed by atoms with Crippen LogP contribution < -0.4 is 4.74 Å². The fourth-order valence-corrected chi connectivity index (χ4v) is 2.24. The number of carbonyl (C=O) groups is 1. The van der Waals surface area contributed by atoms with E-state index in [1.165, 1.54) is 25.2 Å². The van der Waals surface area contributed by atoms with Gasteiger partial charge in [0.1, 0.15) is 11.6 Å². The van der Waals surface area contributed by atoms with Crippen LogP contribution in [0.2, 0.25) is 5.02 Å². The van der Waals surface area contributed by atoms with E-state index in [1.807, 2.05) is 0 Å². The van der Waals surface area contributed by atoms with Gasteiger partial charge in [-0.05, 0) is 18.2 Å². The highest BCUT2D eigenvalue weighted by atomic mass is 35.5. The zero-order valence-electron chi connectivity index (χ0n) is 13.0. The van der Waals surface area contributed by atoms with Crippen molar-refractivity contribution in [2.45, 2.75) is 6.54 Å². The molecule has 132 valence electrons. The Bertz CT molecular complexity index is 796. The topological polar surface area (TPSA) is 72.7 Å². The summed E-state index contributed by atoms with van der Waals surface area (Å²) in [6.45, 7) is -0.689. The van der Waals surface area contributed by atoms with Gasteiger partial charge in [-0.3, -0.25) is 14.9 Å². The quantitative estimate of drug-likeness (QED) is 0.575. The Labute approximate surface area is 146 Å². The van der Waals surface area contributed by atoms with Gasteiger partial charge in [-0.25, -0.2) is 8.78 Å². The van der Waals surface area contributed by atoms with E-state index in [9.17, 15) is 23.7 Å². The molecule has 0 heterocycles. The Morgan fingerprint density at radius 1 is 1.32 bits per heavy atom. The van der Waals surface area contributed by atoms with Gasteiger partial charge in [0.25, 0.3) is 5.91 Å². The number of halogens is 3. The zero-order valence-corrected chi connectivity index (χ0v) is 13.8. The molecule has 0 spiro atoms. The highest BCUT2D eigenvalue weighted by Gasteiger charge is 2.19. The molecule has 2 rings (SSSR count). The number of nitro benzene ring substituents is 1. The predicted molar refractivity (Wildman–Crippen MR) is 86.4 cm³/mol. The fraction of sp³-hybridized carbons (Fsp3) is 0.188. The summed E-state index contributed by atoms with van der Waals surface area (Å²) >= 11 is 5.90. The van der Waals surface area contributed by atoms with Gasteiger partial charge in [-0.15, -0.1) is 0 Å². The first-order valence-electron chi connectivity index (χ1n) is 7.03. The number of ether oxygens (including phenoxy) is 1. The Morgan fingerprint density at radius 2 is 2.04 bits per heavy atom. The monoisotopic (exact) mass is 370 g/mol. The Kier molecular flexibility index (Phi) is 5.87. The van der Waals surface area contributed by atoms with Crippen molar-refractivity contribution in [3.05, 3.63) is 68.7 Å². The van der Waals surface area contributed by atoms with Gasteiger partial charge < -0.3 is 9.64 Å². The van der Waals surface area contributed by atoms with Crippen LogP contribution in [0, 0.1) is 21.7 Å². The first-order chi connectivity index (χ1) is 11.8. The summed E-state index contributed by atoms with van der Waals surface area (Å²) in [4.78, 5) is 23.4. The van der Waals surface area contributed by atoms with Crippen molar-refractivity contribution in [2.75, 3.05) is 13.7 Å². The number of amides is 1. The maximum atomic E-state index is 13.7. The summed E-state index contributed by atoms with van der Waals surface area (Å²) in [5, 5.41) is 11.0. The lowest BCUT2D eigenvalue weighted by atomic mass is 10.2. The third-order valence-corrected chi connectivity index (χ3v) is 3.71. The van der Waals surface area contributed by atoms with Gasteiger partial charge in [0.2, 0.25) is 5.75 Å². The standard InChI is InChI=1S/C16H13ClF2N2O4/c1-20(8-11-12(17)3-2-4-13(11)19)16(22)9-25-15-7-10(18)5-6-14(15)21(23)24/h2-7H,8-9H2,1H3. The van der Waals surface area contributed by atoms with Crippen LogP contribution in [0.5, 0.6) is 5.75 Å². The van der Waals surface area contributed by atoms with E-state index in [-0.39, 0.29) is 22.9 Å². The molecule has 2 aromatic rings. The second kappa shape index (κ2) is 7.89. The molecule has 2 aromatic carbocycles. The first kappa shape index (κ1) is 18.6. The largest absolute Gasteiger partial charge is 0.477 e. The normalized spacial score (nSPS) is 10.4. The lowest BCUT2D eigenvalue weighted by molar-refractivity contribution is -0.385. The first-order valence-corrected chi connectivity index (χ1v) is 7.41. The molecule has 0 aliphatic heterocycles. The number of nitro groups is 1. The molecule has 0 bridgehead atoms. The molecule has 25 heavy (non-hydrogen) atoms. The van der Waals surface area contributed by atoms with Crippen LogP contribution in [-0.2, 0) is 11.3 Å². The van der Waals surface area contributed by atoms with E-state index >= 15 is 0 Å². The smallest absolute Gasteiger partial charge is 0.311 e. The van der Waals surface area contributed by atoms with E-state index in [2.05, 4.69) is 0 Å². The van der Waals surface area contributed by atoms with Crippen LogP contribution in [0.3, 0.4) is 0 Å². The predicted octanol–water partition coefficient (Wildman–Crippen LogP) is 3.56. The maximum Gasteiger partial charge on any atom is 0.311 e. The SMILES string of the molecule is CN(Cc1c(F)cccc1Cl)C(=O)COc1cc(F)ccc1[N+](=O)[O-]. The minimum Gasteiger partial charge on any atom is -0.477 e. The van der Waals surface area contributed by atoms with Crippen molar-refractivity contribution >= 4 is 23.2 Å². The minimum absolute atomic E-state index is 0.112. The maximum absolute atomic E-state index is 13.7. The molecular formula is C16H13ClF2N2O4. The third-order valence-electron chi connectivity index (χ3n) is 3.35. The van der Waals surface area contributed by atoms with Gasteiger partial charge in [0.05, 0.1) is 4.92 Å².